The summed E-state index contributed by atoms with van der Waals surface area (Å²) in [4.78, 5) is 23.0. The first-order valence-corrected chi connectivity index (χ1v) is 27.4. The van der Waals surface area contributed by atoms with Crippen molar-refractivity contribution in [3.05, 3.63) is 12.7 Å². The third kappa shape index (κ3) is 26.3. The zero-order valence-corrected chi connectivity index (χ0v) is 40.9. The summed E-state index contributed by atoms with van der Waals surface area (Å²) in [5.74, 6) is 0.224. The Balaban J connectivity index is 1.28. The minimum Gasteiger partial charge on any atom is -0.388 e. The van der Waals surface area contributed by atoms with Crippen LogP contribution < -0.4 is 5.73 Å². The lowest BCUT2D eigenvalue weighted by atomic mass is 10.0. The van der Waals surface area contributed by atoms with Crippen LogP contribution in [0.3, 0.4) is 0 Å². The fraction of sp³-hybridized carbons (Fsp3) is 0.898. The highest BCUT2D eigenvalue weighted by atomic mass is 31.2. The molecule has 366 valence electrons. The van der Waals surface area contributed by atoms with Gasteiger partial charge >= 0.3 is 7.82 Å². The van der Waals surface area contributed by atoms with Crippen LogP contribution in [0, 0.1) is 0 Å². The molecule has 63 heavy (non-hydrogen) atoms. The summed E-state index contributed by atoms with van der Waals surface area (Å²) in [7, 11) is -4.45. The Bertz CT molecular complexity index is 1420. The Morgan fingerprint density at radius 1 is 0.667 bits per heavy atom. The number of phosphoric ester groups is 1. The van der Waals surface area contributed by atoms with Gasteiger partial charge in [0.25, 0.3) is 0 Å². The van der Waals surface area contributed by atoms with Gasteiger partial charge in [0.15, 0.2) is 17.7 Å². The number of ether oxygens (including phenoxy) is 3. The SMILES string of the molecule is CCCCCCCCCCCCCCCCCCOCC(COP(=O)(O)OC[C@@H]1C[C@@H](O)[C@H](n2cnc3c(N)ncnc32)O1)OCCCCCCCCCCCCCCCCCC. The van der Waals surface area contributed by atoms with Crippen molar-refractivity contribution in [1.82, 2.24) is 19.5 Å². The number of unbranched alkanes of at least 4 members (excludes halogenated alkanes) is 30. The number of aliphatic hydroxyl groups is 1. The van der Waals surface area contributed by atoms with Crippen LogP contribution >= 0.6 is 7.82 Å². The van der Waals surface area contributed by atoms with Crippen LogP contribution in [-0.4, -0.2) is 80.9 Å². The Hall–Kier alpha value is -1.70. The zero-order chi connectivity index (χ0) is 45.1. The van der Waals surface area contributed by atoms with Gasteiger partial charge in [0, 0.05) is 19.6 Å². The molecule has 2 unspecified atom stereocenters. The minimum absolute atomic E-state index is 0.134. The molecule has 4 N–H and O–H groups in total. The van der Waals surface area contributed by atoms with Gasteiger partial charge in [-0.3, -0.25) is 13.6 Å². The predicted molar refractivity (Wildman–Crippen MR) is 256 cm³/mol. The number of fused-ring (bicyclic) bond motifs is 1. The maximum Gasteiger partial charge on any atom is 0.472 e. The van der Waals surface area contributed by atoms with E-state index in [0.717, 1.165) is 25.7 Å². The lowest BCUT2D eigenvalue weighted by Gasteiger charge is -2.21. The average Bonchev–Trinajstić information content (AvgIpc) is 3.88. The standard InChI is InChI=1S/C49H92N5O8P/c1-3-5-7-9-11-13-15-17-19-21-23-25-27-29-31-33-35-58-38-44(59-36-34-32-30-28-26-24-22-20-18-16-14-12-10-8-6-4-2)40-61-63(56,57)60-39-43-37-45(55)49(62-43)54-42-53-46-47(50)51-41-52-48(46)54/h41-45,49,55H,3-40H2,1-2H3,(H,56,57)(H2,50,51,52)/t43-,44?,45+,49+/m0/s1. The molecule has 0 bridgehead atoms. The number of nitrogens with zero attached hydrogens (tertiary/aromatic N) is 4. The van der Waals surface area contributed by atoms with Crippen molar-refractivity contribution < 1.29 is 37.8 Å². The summed E-state index contributed by atoms with van der Waals surface area (Å²) in [6, 6.07) is 0. The van der Waals surface area contributed by atoms with Crippen LogP contribution in [0.25, 0.3) is 11.2 Å². The van der Waals surface area contributed by atoms with Gasteiger partial charge in [-0.25, -0.2) is 19.5 Å². The van der Waals surface area contributed by atoms with E-state index in [-0.39, 0.29) is 32.1 Å². The number of anilines is 1. The zero-order valence-electron chi connectivity index (χ0n) is 40.0. The number of rotatable bonds is 44. The Morgan fingerprint density at radius 3 is 1.62 bits per heavy atom. The molecule has 3 rings (SSSR count). The number of hydrogen-bond acceptors (Lipinski definition) is 11. The lowest BCUT2D eigenvalue weighted by molar-refractivity contribution is -0.0563. The fourth-order valence-corrected chi connectivity index (χ4v) is 9.33. The van der Waals surface area contributed by atoms with Crippen molar-refractivity contribution in [1.29, 1.82) is 0 Å². The number of aromatic nitrogens is 4. The Kier molecular flexibility index (Phi) is 32.2. The van der Waals surface area contributed by atoms with Gasteiger partial charge in [-0.05, 0) is 12.8 Å². The predicted octanol–water partition coefficient (Wildman–Crippen LogP) is 13.1. The van der Waals surface area contributed by atoms with E-state index in [0.29, 0.717) is 24.4 Å². The first-order chi connectivity index (χ1) is 30.8. The summed E-state index contributed by atoms with van der Waals surface area (Å²) in [5.41, 5.74) is 6.74. The van der Waals surface area contributed by atoms with E-state index in [1.54, 1.807) is 4.57 Å². The number of nitrogen functional groups attached to an aromatic ring is 1. The third-order valence-corrected chi connectivity index (χ3v) is 13.4. The van der Waals surface area contributed by atoms with Gasteiger partial charge < -0.3 is 29.9 Å². The van der Waals surface area contributed by atoms with E-state index in [1.165, 1.54) is 192 Å². The van der Waals surface area contributed by atoms with Gasteiger partial charge in [0.05, 0.1) is 32.3 Å². The maximum atomic E-state index is 13.0. The van der Waals surface area contributed by atoms with E-state index < -0.39 is 32.4 Å². The third-order valence-electron chi connectivity index (χ3n) is 12.5. The smallest absolute Gasteiger partial charge is 0.388 e. The second kappa shape index (κ2) is 36.4. The number of imidazole rings is 1. The van der Waals surface area contributed by atoms with Gasteiger partial charge in [0.1, 0.15) is 24.1 Å². The molecular formula is C49H92N5O8P. The number of hydrogen-bond donors (Lipinski definition) is 3. The second-order valence-corrected chi connectivity index (χ2v) is 19.7. The van der Waals surface area contributed by atoms with Crippen LogP contribution in [0.1, 0.15) is 232 Å². The van der Waals surface area contributed by atoms with E-state index in [4.69, 9.17) is 29.0 Å². The molecule has 13 nitrogen and oxygen atoms in total. The lowest BCUT2D eigenvalue weighted by Crippen LogP contribution is -2.26. The average molecular weight is 910 g/mol. The van der Waals surface area contributed by atoms with Crippen molar-refractivity contribution in [3.8, 4) is 0 Å². The Morgan fingerprint density at radius 2 is 1.13 bits per heavy atom. The Labute approximate surface area is 382 Å². The molecule has 3 heterocycles. The van der Waals surface area contributed by atoms with Crippen LogP contribution in [0.15, 0.2) is 12.7 Å². The van der Waals surface area contributed by atoms with E-state index in [2.05, 4.69) is 28.8 Å². The van der Waals surface area contributed by atoms with Crippen LogP contribution in [0.5, 0.6) is 0 Å². The fourth-order valence-electron chi connectivity index (χ4n) is 8.55. The van der Waals surface area contributed by atoms with Crippen molar-refractivity contribution in [2.24, 2.45) is 0 Å². The van der Waals surface area contributed by atoms with Crippen molar-refractivity contribution >= 4 is 24.8 Å². The summed E-state index contributed by atoms with van der Waals surface area (Å²) in [6.07, 6.45) is 42.2. The molecule has 2 aromatic heterocycles. The largest absolute Gasteiger partial charge is 0.472 e. The molecule has 1 aliphatic rings. The molecule has 0 aromatic carbocycles. The van der Waals surface area contributed by atoms with Crippen LogP contribution in [0.2, 0.25) is 0 Å². The summed E-state index contributed by atoms with van der Waals surface area (Å²) in [5, 5.41) is 10.8. The minimum atomic E-state index is -4.45. The van der Waals surface area contributed by atoms with Crippen molar-refractivity contribution in [2.75, 3.05) is 38.8 Å². The summed E-state index contributed by atoms with van der Waals surface area (Å²) in [6.45, 7) is 5.62. The number of aliphatic hydroxyl groups excluding tert-OH is 1. The van der Waals surface area contributed by atoms with Gasteiger partial charge in [0.2, 0.25) is 0 Å². The monoisotopic (exact) mass is 910 g/mol. The first-order valence-electron chi connectivity index (χ1n) is 25.9. The molecule has 5 atom stereocenters. The molecule has 2 aromatic rings. The van der Waals surface area contributed by atoms with Gasteiger partial charge in [-0.1, -0.05) is 206 Å². The van der Waals surface area contributed by atoms with E-state index >= 15 is 0 Å². The highest BCUT2D eigenvalue weighted by molar-refractivity contribution is 7.47. The summed E-state index contributed by atoms with van der Waals surface area (Å²) < 4.78 is 43.5. The van der Waals surface area contributed by atoms with E-state index in [9.17, 15) is 14.6 Å². The van der Waals surface area contributed by atoms with Crippen molar-refractivity contribution in [2.45, 2.75) is 250 Å². The van der Waals surface area contributed by atoms with Crippen LogP contribution in [0.4, 0.5) is 5.82 Å². The number of nitrogens with two attached hydrogens (primary N) is 1. The molecule has 0 radical (unpaired) electrons. The van der Waals surface area contributed by atoms with Crippen molar-refractivity contribution in [3.63, 3.8) is 0 Å². The molecule has 0 saturated carbocycles. The quantitative estimate of drug-likeness (QED) is 0.0425. The second-order valence-electron chi connectivity index (χ2n) is 18.3. The molecular weight excluding hydrogens is 818 g/mol. The van der Waals surface area contributed by atoms with Gasteiger partial charge in [-0.2, -0.15) is 0 Å². The highest BCUT2D eigenvalue weighted by Gasteiger charge is 2.38. The number of phosphoric acid groups is 1. The maximum absolute atomic E-state index is 13.0. The highest BCUT2D eigenvalue weighted by Crippen LogP contribution is 2.44. The van der Waals surface area contributed by atoms with Gasteiger partial charge in [-0.15, -0.1) is 0 Å². The molecule has 1 fully saturated rings. The molecule has 0 amide bonds. The normalized spacial score (nSPS) is 18.1. The first kappa shape index (κ1) is 55.6. The summed E-state index contributed by atoms with van der Waals surface area (Å²) >= 11 is 0. The molecule has 14 heteroatoms. The topological polar surface area (TPSA) is 173 Å². The molecule has 1 saturated heterocycles. The molecule has 0 aliphatic carbocycles. The van der Waals surface area contributed by atoms with Crippen LogP contribution in [-0.2, 0) is 27.8 Å². The molecule has 1 aliphatic heterocycles. The molecule has 0 spiro atoms. The van der Waals surface area contributed by atoms with E-state index in [1.807, 2.05) is 0 Å².